The van der Waals surface area contributed by atoms with E-state index in [1.54, 1.807) is 11.9 Å². The van der Waals surface area contributed by atoms with E-state index in [9.17, 15) is 9.59 Å². The van der Waals surface area contributed by atoms with Gasteiger partial charge in [-0.25, -0.2) is 4.79 Å². The third kappa shape index (κ3) is 3.74. The number of amides is 2. The van der Waals surface area contributed by atoms with Crippen molar-refractivity contribution in [2.45, 2.75) is 52.6 Å². The highest BCUT2D eigenvalue weighted by Gasteiger charge is 2.46. The summed E-state index contributed by atoms with van der Waals surface area (Å²) in [4.78, 5) is 30.6. The second kappa shape index (κ2) is 6.34. The number of carbonyl (C=O) groups excluding carboxylic acids is 2. The Hall–Kier alpha value is -1.85. The minimum atomic E-state index is -0.501. The van der Waals surface area contributed by atoms with Crippen LogP contribution in [-0.4, -0.2) is 48.5 Å². The van der Waals surface area contributed by atoms with Gasteiger partial charge in [-0.05, 0) is 52.5 Å². The Labute approximate surface area is 138 Å². The van der Waals surface area contributed by atoms with Crippen molar-refractivity contribution in [1.29, 1.82) is 0 Å². The molecular formula is C17H27N3O3. The van der Waals surface area contributed by atoms with Crippen molar-refractivity contribution in [2.24, 2.45) is 10.4 Å². The lowest BCUT2D eigenvalue weighted by atomic mass is 9.70. The van der Waals surface area contributed by atoms with Crippen LogP contribution < -0.4 is 5.32 Å². The number of allylic oxidation sites excluding steroid dienone is 1. The molecule has 1 N–H and O–H groups in total. The third-order valence-corrected chi connectivity index (χ3v) is 4.49. The van der Waals surface area contributed by atoms with Crippen LogP contribution in [0.3, 0.4) is 0 Å². The van der Waals surface area contributed by atoms with Crippen LogP contribution in [0.15, 0.2) is 16.6 Å². The summed E-state index contributed by atoms with van der Waals surface area (Å²) in [5, 5.41) is 2.92. The third-order valence-electron chi connectivity index (χ3n) is 4.49. The van der Waals surface area contributed by atoms with Crippen LogP contribution in [0.1, 0.15) is 47.0 Å². The molecule has 128 valence electrons. The first-order valence-electron chi connectivity index (χ1n) is 8.12. The van der Waals surface area contributed by atoms with Gasteiger partial charge in [0.15, 0.2) is 0 Å². The Kier molecular flexibility index (Phi) is 4.82. The van der Waals surface area contributed by atoms with Gasteiger partial charge in [-0.1, -0.05) is 6.08 Å². The molecule has 2 aliphatic rings. The molecule has 0 aliphatic carbocycles. The average molecular weight is 321 g/mol. The quantitative estimate of drug-likeness (QED) is 0.745. The molecule has 6 nitrogen and oxygen atoms in total. The molecule has 0 saturated carbocycles. The number of likely N-dealkylation sites (tertiary alicyclic amines) is 1. The van der Waals surface area contributed by atoms with E-state index in [4.69, 9.17) is 4.74 Å². The van der Waals surface area contributed by atoms with Gasteiger partial charge in [0.25, 0.3) is 0 Å². The van der Waals surface area contributed by atoms with E-state index >= 15 is 0 Å². The van der Waals surface area contributed by atoms with Gasteiger partial charge in [-0.2, -0.15) is 0 Å². The summed E-state index contributed by atoms with van der Waals surface area (Å²) in [6.45, 7) is 8.61. The van der Waals surface area contributed by atoms with Gasteiger partial charge in [0.1, 0.15) is 11.4 Å². The number of piperidine rings is 2. The Morgan fingerprint density at radius 3 is 2.43 bits per heavy atom. The molecule has 2 rings (SSSR count). The molecule has 1 spiro atoms. The van der Waals surface area contributed by atoms with Crippen LogP contribution in [0.2, 0.25) is 0 Å². The number of nitrogens with zero attached hydrogens (tertiary/aromatic N) is 2. The molecule has 0 bridgehead atoms. The Bertz CT molecular complexity index is 550. The molecule has 6 heteroatoms. The molecule has 0 radical (unpaired) electrons. The first kappa shape index (κ1) is 17.5. The lowest BCUT2D eigenvalue weighted by Crippen LogP contribution is -2.55. The average Bonchev–Trinajstić information content (AvgIpc) is 2.48. The van der Waals surface area contributed by atoms with Gasteiger partial charge in [0.2, 0.25) is 5.91 Å². The zero-order valence-corrected chi connectivity index (χ0v) is 14.7. The van der Waals surface area contributed by atoms with Crippen molar-refractivity contribution in [3.63, 3.8) is 0 Å². The van der Waals surface area contributed by atoms with Crippen LogP contribution >= 0.6 is 0 Å². The molecule has 0 aromatic carbocycles. The van der Waals surface area contributed by atoms with E-state index in [0.29, 0.717) is 38.2 Å². The molecule has 2 aliphatic heterocycles. The van der Waals surface area contributed by atoms with E-state index in [1.165, 1.54) is 0 Å². The second-order valence-corrected chi connectivity index (χ2v) is 7.26. The van der Waals surface area contributed by atoms with Crippen LogP contribution in [0.5, 0.6) is 0 Å². The second-order valence-electron chi connectivity index (χ2n) is 7.26. The van der Waals surface area contributed by atoms with Gasteiger partial charge >= 0.3 is 6.09 Å². The van der Waals surface area contributed by atoms with Crippen molar-refractivity contribution in [3.8, 4) is 0 Å². The van der Waals surface area contributed by atoms with Crippen molar-refractivity contribution >= 4 is 17.8 Å². The normalized spacial score (nSPS) is 24.9. The maximum absolute atomic E-state index is 12.6. The largest absolute Gasteiger partial charge is 0.444 e. The number of ether oxygens (including phenoxy) is 1. The fourth-order valence-corrected chi connectivity index (χ4v) is 3.13. The van der Waals surface area contributed by atoms with E-state index in [2.05, 4.69) is 10.3 Å². The summed E-state index contributed by atoms with van der Waals surface area (Å²) in [5.41, 5.74) is 0.131. The van der Waals surface area contributed by atoms with Gasteiger partial charge < -0.3 is 15.0 Å². The number of hydrogen-bond acceptors (Lipinski definition) is 4. The van der Waals surface area contributed by atoms with Crippen molar-refractivity contribution in [1.82, 2.24) is 10.2 Å². The highest BCUT2D eigenvalue weighted by atomic mass is 16.6. The smallest absolute Gasteiger partial charge is 0.410 e. The number of aliphatic imine (C=N–C) groups is 1. The predicted octanol–water partition coefficient (Wildman–Crippen LogP) is 2.50. The minimum absolute atomic E-state index is 0.0209. The van der Waals surface area contributed by atoms with Gasteiger partial charge in [0.05, 0.1) is 5.41 Å². The molecule has 0 aromatic heterocycles. The molecule has 2 amide bonds. The molecule has 0 unspecified atom stereocenters. The first-order chi connectivity index (χ1) is 10.7. The van der Waals surface area contributed by atoms with Gasteiger partial charge in [-0.15, -0.1) is 0 Å². The summed E-state index contributed by atoms with van der Waals surface area (Å²) in [6, 6.07) is 0. The maximum atomic E-state index is 12.6. The topological polar surface area (TPSA) is 71.0 Å². The molecule has 2 saturated heterocycles. The van der Waals surface area contributed by atoms with Gasteiger partial charge in [0, 0.05) is 20.1 Å². The van der Waals surface area contributed by atoms with E-state index in [0.717, 1.165) is 5.57 Å². The SMILES string of the molecule is C/C=C1/CC2(CCN(C(=O)OC(C)(C)C)CC2)C(=O)NC1=NC. The Morgan fingerprint density at radius 1 is 1.35 bits per heavy atom. The standard InChI is InChI=1S/C17H27N3O3/c1-6-12-11-17(14(21)19-13(12)18-5)7-9-20(10-8-17)15(22)23-16(2,3)4/h6H,7-11H2,1-5H3,(H,18,19,21)/b12-6-. The Balaban J connectivity index is 2.05. The number of nitrogens with one attached hydrogen (secondary N) is 1. The predicted molar refractivity (Wildman–Crippen MR) is 89.3 cm³/mol. The van der Waals surface area contributed by atoms with Crippen molar-refractivity contribution in [3.05, 3.63) is 11.6 Å². The van der Waals surface area contributed by atoms with E-state index in [-0.39, 0.29) is 12.0 Å². The van der Waals surface area contributed by atoms with Gasteiger partial charge in [-0.3, -0.25) is 9.79 Å². The number of amidine groups is 1. The number of rotatable bonds is 0. The van der Waals surface area contributed by atoms with Crippen LogP contribution in [-0.2, 0) is 9.53 Å². The fraction of sp³-hybridized carbons (Fsp3) is 0.706. The maximum Gasteiger partial charge on any atom is 0.410 e. The molecule has 2 heterocycles. The molecule has 0 atom stereocenters. The lowest BCUT2D eigenvalue weighted by molar-refractivity contribution is -0.133. The van der Waals surface area contributed by atoms with E-state index in [1.807, 2.05) is 33.8 Å². The van der Waals surface area contributed by atoms with Crippen LogP contribution in [0, 0.1) is 5.41 Å². The lowest BCUT2D eigenvalue weighted by Gasteiger charge is -2.43. The van der Waals surface area contributed by atoms with Crippen LogP contribution in [0.25, 0.3) is 0 Å². The van der Waals surface area contributed by atoms with Crippen LogP contribution in [0.4, 0.5) is 4.79 Å². The monoisotopic (exact) mass is 321 g/mol. The summed E-state index contributed by atoms with van der Waals surface area (Å²) in [6.07, 6.45) is 3.68. The highest BCUT2D eigenvalue weighted by molar-refractivity contribution is 6.12. The summed E-state index contributed by atoms with van der Waals surface area (Å²) >= 11 is 0. The highest BCUT2D eigenvalue weighted by Crippen LogP contribution is 2.40. The number of carbonyl (C=O) groups is 2. The molecule has 23 heavy (non-hydrogen) atoms. The fourth-order valence-electron chi connectivity index (χ4n) is 3.13. The molecule has 2 fully saturated rings. The zero-order chi connectivity index (χ0) is 17.3. The summed E-state index contributed by atoms with van der Waals surface area (Å²) in [5.74, 6) is 0.685. The molecular weight excluding hydrogens is 294 g/mol. The molecule has 0 aromatic rings. The number of hydrogen-bond donors (Lipinski definition) is 1. The summed E-state index contributed by atoms with van der Waals surface area (Å²) < 4.78 is 5.41. The van der Waals surface area contributed by atoms with Crippen molar-refractivity contribution < 1.29 is 14.3 Å². The minimum Gasteiger partial charge on any atom is -0.444 e. The van der Waals surface area contributed by atoms with E-state index < -0.39 is 11.0 Å². The summed E-state index contributed by atoms with van der Waals surface area (Å²) in [7, 11) is 1.68. The zero-order valence-electron chi connectivity index (χ0n) is 14.7. The van der Waals surface area contributed by atoms with Crippen molar-refractivity contribution in [2.75, 3.05) is 20.1 Å². The first-order valence-corrected chi connectivity index (χ1v) is 8.12. The Morgan fingerprint density at radius 2 is 1.96 bits per heavy atom.